The zero-order chi connectivity index (χ0) is 26.0. The number of aliphatic imine (C=N–C) groups is 2. The second-order valence-electron chi connectivity index (χ2n) is 9.00. The molecule has 1 heterocycles. The molecule has 0 spiro atoms. The van der Waals surface area contributed by atoms with Gasteiger partial charge in [-0.05, 0) is 36.6 Å². The Bertz CT molecular complexity index is 1110. The highest BCUT2D eigenvalue weighted by Crippen LogP contribution is 2.44. The lowest BCUT2D eigenvalue weighted by Crippen LogP contribution is -2.33. The Labute approximate surface area is 202 Å². The normalized spacial score (nSPS) is 14.2. The van der Waals surface area contributed by atoms with Gasteiger partial charge < -0.3 is 24.9 Å². The molecule has 0 radical (unpaired) electrons. The van der Waals surface area contributed by atoms with E-state index >= 15 is 0 Å². The van der Waals surface area contributed by atoms with Crippen molar-refractivity contribution in [2.75, 3.05) is 14.1 Å². The first-order valence-corrected chi connectivity index (χ1v) is 10.7. The standard InChI is InChI=1S/C23H30F3N5O2S/c1-12-8-11-16(33-12)19(22(3,4)5)29-20(27)21(30-34)28-15-10-9-14(23(24,25)26)17(18(15)32)13(2)31(6)7/h8-11,19,32,34H,2H2,1,3-7H3,(H2,27,29)(H,28,30)/t19-/m0/s1. The summed E-state index contributed by atoms with van der Waals surface area (Å²) in [6.07, 6.45) is -4.71. The van der Waals surface area contributed by atoms with Gasteiger partial charge in [0.15, 0.2) is 17.4 Å². The average molecular weight is 498 g/mol. The number of aryl methyl sites for hydroxylation is 1. The van der Waals surface area contributed by atoms with Crippen LogP contribution in [0.1, 0.15) is 49.5 Å². The van der Waals surface area contributed by atoms with Crippen LogP contribution >= 0.6 is 12.8 Å². The molecule has 34 heavy (non-hydrogen) atoms. The van der Waals surface area contributed by atoms with E-state index in [2.05, 4.69) is 34.1 Å². The number of halogens is 3. The van der Waals surface area contributed by atoms with Crippen LogP contribution in [0.3, 0.4) is 0 Å². The van der Waals surface area contributed by atoms with Gasteiger partial charge in [0.1, 0.15) is 23.2 Å². The molecule has 0 fully saturated rings. The predicted octanol–water partition coefficient (Wildman–Crippen LogP) is 5.45. The number of thiol groups is 1. The maximum absolute atomic E-state index is 13.6. The third-order valence-corrected chi connectivity index (χ3v) is 5.20. The van der Waals surface area contributed by atoms with Crippen LogP contribution in [0.25, 0.3) is 5.70 Å². The summed E-state index contributed by atoms with van der Waals surface area (Å²) in [5, 5.41) is 10.7. The van der Waals surface area contributed by atoms with E-state index in [0.29, 0.717) is 11.5 Å². The van der Waals surface area contributed by atoms with Crippen LogP contribution < -0.4 is 10.5 Å². The van der Waals surface area contributed by atoms with Crippen LogP contribution in [0.2, 0.25) is 0 Å². The Morgan fingerprint density at radius 2 is 1.82 bits per heavy atom. The molecule has 0 unspecified atom stereocenters. The predicted molar refractivity (Wildman–Crippen MR) is 132 cm³/mol. The summed E-state index contributed by atoms with van der Waals surface area (Å²) in [7, 11) is 3.04. The number of furan rings is 1. The van der Waals surface area contributed by atoms with Gasteiger partial charge in [0, 0.05) is 19.8 Å². The first-order valence-electron chi connectivity index (χ1n) is 10.3. The quantitative estimate of drug-likeness (QED) is 0.250. The fraction of sp³-hybridized carbons (Fsp3) is 0.391. The Balaban J connectivity index is 2.63. The van der Waals surface area contributed by atoms with E-state index in [1.807, 2.05) is 33.8 Å². The minimum absolute atomic E-state index is 0.0371. The number of nitrogens with zero attached hydrogens (tertiary/aromatic N) is 3. The van der Waals surface area contributed by atoms with Gasteiger partial charge in [0.2, 0.25) is 0 Å². The molecule has 0 amide bonds. The van der Waals surface area contributed by atoms with Crippen molar-refractivity contribution in [3.8, 4) is 5.75 Å². The molecular weight excluding hydrogens is 467 g/mol. The molecule has 186 valence electrons. The Kier molecular flexibility index (Phi) is 8.02. The molecule has 0 aliphatic carbocycles. The van der Waals surface area contributed by atoms with Gasteiger partial charge in [-0.25, -0.2) is 4.99 Å². The highest BCUT2D eigenvalue weighted by Gasteiger charge is 2.36. The number of amidine groups is 2. The molecule has 1 atom stereocenters. The third-order valence-electron chi connectivity index (χ3n) is 4.99. The van der Waals surface area contributed by atoms with E-state index in [0.717, 1.165) is 12.1 Å². The number of aromatic hydroxyl groups is 1. The summed E-state index contributed by atoms with van der Waals surface area (Å²) in [4.78, 5) is 10.1. The SMILES string of the molecule is C=C(c1c(C(F)(F)F)ccc(N=C(NS)C(N)=N[C@@H](c2ccc(C)o2)C(C)(C)C)c1O)N(C)C. The number of rotatable bonds is 5. The largest absolute Gasteiger partial charge is 0.505 e. The fourth-order valence-electron chi connectivity index (χ4n) is 3.17. The van der Waals surface area contributed by atoms with Crippen molar-refractivity contribution < 1.29 is 22.7 Å². The topological polar surface area (TPSA) is 99.4 Å². The summed E-state index contributed by atoms with van der Waals surface area (Å²) in [6.45, 7) is 11.3. The first kappa shape index (κ1) is 27.2. The van der Waals surface area contributed by atoms with Gasteiger partial charge >= 0.3 is 6.18 Å². The minimum Gasteiger partial charge on any atom is -0.505 e. The summed E-state index contributed by atoms with van der Waals surface area (Å²) < 4.78 is 49.0. The van der Waals surface area contributed by atoms with Crippen molar-refractivity contribution >= 4 is 35.9 Å². The van der Waals surface area contributed by atoms with Crippen molar-refractivity contribution in [2.45, 2.75) is 39.9 Å². The molecule has 0 bridgehead atoms. The molecule has 2 aromatic rings. The second-order valence-corrected chi connectivity index (χ2v) is 9.22. The maximum atomic E-state index is 13.6. The van der Waals surface area contributed by atoms with E-state index in [-0.39, 0.29) is 28.5 Å². The number of benzene rings is 1. The Hall–Kier alpha value is -3.08. The van der Waals surface area contributed by atoms with Crippen molar-refractivity contribution in [3.63, 3.8) is 0 Å². The summed E-state index contributed by atoms with van der Waals surface area (Å²) >= 11 is 4.02. The van der Waals surface area contributed by atoms with Crippen molar-refractivity contribution in [2.24, 2.45) is 21.1 Å². The summed E-state index contributed by atoms with van der Waals surface area (Å²) in [5.41, 5.74) is 4.09. The fourth-order valence-corrected chi connectivity index (χ4v) is 3.33. The van der Waals surface area contributed by atoms with E-state index in [9.17, 15) is 18.3 Å². The lowest BCUT2D eigenvalue weighted by molar-refractivity contribution is -0.137. The number of phenols is 1. The zero-order valence-corrected chi connectivity index (χ0v) is 20.8. The highest BCUT2D eigenvalue weighted by atomic mass is 32.1. The molecule has 7 nitrogen and oxygen atoms in total. The second kappa shape index (κ2) is 10.0. The average Bonchev–Trinajstić information content (AvgIpc) is 3.14. The van der Waals surface area contributed by atoms with Crippen LogP contribution in [-0.2, 0) is 6.18 Å². The molecule has 0 saturated carbocycles. The molecule has 1 aromatic carbocycles. The zero-order valence-electron chi connectivity index (χ0n) is 19.9. The smallest absolute Gasteiger partial charge is 0.417 e. The Morgan fingerprint density at radius 1 is 1.21 bits per heavy atom. The molecular formula is C23H30F3N5O2S. The number of nitrogens with two attached hydrogens (primary N) is 1. The summed E-state index contributed by atoms with van der Waals surface area (Å²) in [5.74, 6) is 0.473. The molecule has 11 heteroatoms. The van der Waals surface area contributed by atoms with Gasteiger partial charge in [-0.3, -0.25) is 4.99 Å². The van der Waals surface area contributed by atoms with Crippen LogP contribution in [0.5, 0.6) is 5.75 Å². The molecule has 1 aromatic heterocycles. The van der Waals surface area contributed by atoms with Crippen LogP contribution in [0.4, 0.5) is 18.9 Å². The third kappa shape index (κ3) is 6.07. The highest BCUT2D eigenvalue weighted by molar-refractivity contribution is 7.78. The lowest BCUT2D eigenvalue weighted by Gasteiger charge is -2.26. The molecule has 0 aliphatic rings. The van der Waals surface area contributed by atoms with E-state index < -0.39 is 29.1 Å². The van der Waals surface area contributed by atoms with Crippen molar-refractivity contribution in [1.82, 2.24) is 9.62 Å². The van der Waals surface area contributed by atoms with Gasteiger partial charge in [-0.1, -0.05) is 40.2 Å². The molecule has 0 saturated heterocycles. The number of hydrogen-bond acceptors (Lipinski definition) is 6. The van der Waals surface area contributed by atoms with Gasteiger partial charge in [0.05, 0.1) is 11.1 Å². The van der Waals surface area contributed by atoms with Crippen LogP contribution in [-0.4, -0.2) is 35.8 Å². The number of nitrogens with one attached hydrogen (secondary N) is 1. The number of hydrogen-bond donors (Lipinski definition) is 4. The van der Waals surface area contributed by atoms with E-state index in [4.69, 9.17) is 10.2 Å². The van der Waals surface area contributed by atoms with Gasteiger partial charge in [-0.15, -0.1) is 0 Å². The van der Waals surface area contributed by atoms with Gasteiger partial charge in [-0.2, -0.15) is 13.2 Å². The van der Waals surface area contributed by atoms with Crippen molar-refractivity contribution in [3.05, 3.63) is 53.5 Å². The number of alkyl halides is 3. The monoisotopic (exact) mass is 497 g/mol. The van der Waals surface area contributed by atoms with E-state index in [1.165, 1.54) is 19.0 Å². The molecule has 4 N–H and O–H groups in total. The van der Waals surface area contributed by atoms with Gasteiger partial charge in [0.25, 0.3) is 0 Å². The molecule has 0 aliphatic heterocycles. The lowest BCUT2D eigenvalue weighted by atomic mass is 9.85. The molecule has 2 rings (SSSR count). The number of phenolic OH excluding ortho intramolecular Hbond substituents is 1. The van der Waals surface area contributed by atoms with Crippen LogP contribution in [0, 0.1) is 12.3 Å². The Morgan fingerprint density at radius 3 is 2.26 bits per heavy atom. The first-order chi connectivity index (χ1) is 15.6. The maximum Gasteiger partial charge on any atom is 0.417 e. The van der Waals surface area contributed by atoms with E-state index in [1.54, 1.807) is 6.07 Å². The summed E-state index contributed by atoms with van der Waals surface area (Å²) in [6, 6.07) is 4.99. The van der Waals surface area contributed by atoms with Crippen LogP contribution in [0.15, 0.2) is 45.2 Å². The minimum atomic E-state index is -4.71. The van der Waals surface area contributed by atoms with Crippen molar-refractivity contribution in [1.29, 1.82) is 0 Å².